The van der Waals surface area contributed by atoms with Crippen LogP contribution in [0.1, 0.15) is 44.9 Å². The first kappa shape index (κ1) is 16.8. The number of hydrogen-bond acceptors (Lipinski definition) is 3. The average Bonchev–Trinajstić information content (AvgIpc) is 3.27. The maximum Gasteiger partial charge on any atom is 0.124 e. The van der Waals surface area contributed by atoms with E-state index in [9.17, 15) is 0 Å². The van der Waals surface area contributed by atoms with E-state index >= 15 is 0 Å². The van der Waals surface area contributed by atoms with E-state index in [2.05, 4.69) is 45.6 Å². The lowest BCUT2D eigenvalue weighted by atomic mass is 9.79. The van der Waals surface area contributed by atoms with E-state index in [0.717, 1.165) is 24.5 Å². The summed E-state index contributed by atoms with van der Waals surface area (Å²) in [4.78, 5) is 10.4. The van der Waals surface area contributed by atoms with E-state index in [1.807, 2.05) is 0 Å². The third kappa shape index (κ3) is 3.18. The van der Waals surface area contributed by atoms with E-state index in [4.69, 9.17) is 4.98 Å². The van der Waals surface area contributed by atoms with Crippen LogP contribution in [-0.2, 0) is 13.1 Å². The summed E-state index contributed by atoms with van der Waals surface area (Å²) >= 11 is 0. The maximum absolute atomic E-state index is 4.95. The van der Waals surface area contributed by atoms with Crippen LogP contribution in [0.5, 0.6) is 0 Å². The van der Waals surface area contributed by atoms with E-state index in [0.29, 0.717) is 5.41 Å². The average molecular weight is 353 g/mol. The zero-order chi connectivity index (χ0) is 17.6. The van der Waals surface area contributed by atoms with Crippen molar-refractivity contribution in [2.45, 2.75) is 52.1 Å². The number of hydrogen-bond donors (Lipinski definition) is 0. The minimum absolute atomic E-state index is 0.552. The van der Waals surface area contributed by atoms with Crippen LogP contribution in [0.25, 0.3) is 11.0 Å². The van der Waals surface area contributed by atoms with E-state index in [1.165, 1.54) is 76.2 Å². The summed E-state index contributed by atoms with van der Waals surface area (Å²) in [6, 6.07) is 8.58. The predicted octanol–water partition coefficient (Wildman–Crippen LogP) is 3.75. The first-order valence-corrected chi connectivity index (χ1v) is 10.6. The number of nitrogens with zero attached hydrogens (tertiary/aromatic N) is 4. The number of aromatic nitrogens is 2. The first-order chi connectivity index (χ1) is 12.7. The Morgan fingerprint density at radius 2 is 1.92 bits per heavy atom. The Kier molecular flexibility index (Phi) is 4.29. The molecule has 1 aliphatic carbocycles. The Labute approximate surface area is 157 Å². The Morgan fingerprint density at radius 1 is 1.08 bits per heavy atom. The molecule has 2 aliphatic heterocycles. The highest BCUT2D eigenvalue weighted by Gasteiger charge is 2.42. The largest absolute Gasteiger partial charge is 0.327 e. The summed E-state index contributed by atoms with van der Waals surface area (Å²) in [6.07, 6.45) is 7.15. The molecule has 2 aromatic rings. The minimum atomic E-state index is 0.552. The highest BCUT2D eigenvalue weighted by molar-refractivity contribution is 5.75. The van der Waals surface area contributed by atoms with Crippen LogP contribution in [-0.4, -0.2) is 52.1 Å². The molecule has 1 saturated carbocycles. The van der Waals surface area contributed by atoms with Crippen LogP contribution in [0.3, 0.4) is 0 Å². The van der Waals surface area contributed by atoms with Crippen LogP contribution in [0.4, 0.5) is 0 Å². The lowest BCUT2D eigenvalue weighted by Crippen LogP contribution is -2.45. The second kappa shape index (κ2) is 6.65. The van der Waals surface area contributed by atoms with Crippen LogP contribution in [0.15, 0.2) is 24.3 Å². The highest BCUT2D eigenvalue weighted by Crippen LogP contribution is 2.41. The van der Waals surface area contributed by atoms with Gasteiger partial charge < -0.3 is 9.47 Å². The number of aryl methyl sites for hydroxylation is 1. The molecule has 140 valence electrons. The van der Waals surface area contributed by atoms with Gasteiger partial charge in [-0.2, -0.15) is 0 Å². The van der Waals surface area contributed by atoms with Crippen molar-refractivity contribution in [3.8, 4) is 0 Å². The monoisotopic (exact) mass is 352 g/mol. The lowest BCUT2D eigenvalue weighted by Gasteiger charge is -2.40. The van der Waals surface area contributed by atoms with Gasteiger partial charge in [0.25, 0.3) is 0 Å². The van der Waals surface area contributed by atoms with E-state index < -0.39 is 0 Å². The Hall–Kier alpha value is -1.39. The normalized spacial score (nSPS) is 27.7. The smallest absolute Gasteiger partial charge is 0.124 e. The number of piperidine rings is 1. The summed E-state index contributed by atoms with van der Waals surface area (Å²) in [5.41, 5.74) is 2.98. The zero-order valence-corrected chi connectivity index (χ0v) is 16.2. The number of fused-ring (bicyclic) bond motifs is 1. The van der Waals surface area contributed by atoms with Gasteiger partial charge >= 0.3 is 0 Å². The molecule has 3 fully saturated rings. The molecule has 3 aliphatic rings. The van der Waals surface area contributed by atoms with Crippen LogP contribution in [0, 0.1) is 11.3 Å². The molecule has 26 heavy (non-hydrogen) atoms. The molecular weight excluding hydrogens is 320 g/mol. The van der Waals surface area contributed by atoms with Crippen molar-refractivity contribution in [1.29, 1.82) is 0 Å². The molecule has 3 heterocycles. The fourth-order valence-electron chi connectivity index (χ4n) is 5.43. The molecule has 0 bridgehead atoms. The third-order valence-corrected chi connectivity index (χ3v) is 6.89. The zero-order valence-electron chi connectivity index (χ0n) is 16.2. The predicted molar refractivity (Wildman–Crippen MR) is 106 cm³/mol. The van der Waals surface area contributed by atoms with E-state index in [-0.39, 0.29) is 0 Å². The Morgan fingerprint density at radius 3 is 2.77 bits per heavy atom. The fourth-order valence-corrected chi connectivity index (χ4v) is 5.43. The number of benzene rings is 1. The molecule has 5 rings (SSSR count). The standard InChI is InChI=1S/C22H32N4/c1-2-26-20-7-4-3-6-19(20)23-21(26)15-25-13-11-22(17-25)10-5-12-24(16-22)14-18-8-9-18/h3-4,6-7,18H,2,5,8-17H2,1H3. The molecule has 2 saturated heterocycles. The van der Waals surface area contributed by atoms with Crippen molar-refractivity contribution >= 4 is 11.0 Å². The maximum atomic E-state index is 4.95. The van der Waals surface area contributed by atoms with Crippen LogP contribution >= 0.6 is 0 Å². The van der Waals surface area contributed by atoms with Gasteiger partial charge in [-0.15, -0.1) is 0 Å². The summed E-state index contributed by atoms with van der Waals surface area (Å²) in [5.74, 6) is 2.27. The Balaban J connectivity index is 1.29. The summed E-state index contributed by atoms with van der Waals surface area (Å²) in [6.45, 7) is 10.8. The molecule has 1 aromatic heterocycles. The topological polar surface area (TPSA) is 24.3 Å². The lowest BCUT2D eigenvalue weighted by molar-refractivity contribution is 0.0880. The second-order valence-electron chi connectivity index (χ2n) is 9.00. The number of likely N-dealkylation sites (tertiary alicyclic amines) is 2. The number of rotatable bonds is 5. The molecule has 1 spiro atoms. The second-order valence-corrected chi connectivity index (χ2v) is 9.00. The molecule has 4 heteroatoms. The third-order valence-electron chi connectivity index (χ3n) is 6.89. The fraction of sp³-hybridized carbons (Fsp3) is 0.682. The minimum Gasteiger partial charge on any atom is -0.327 e. The van der Waals surface area contributed by atoms with Crippen molar-refractivity contribution in [3.63, 3.8) is 0 Å². The molecule has 0 N–H and O–H groups in total. The van der Waals surface area contributed by atoms with Crippen molar-refractivity contribution in [3.05, 3.63) is 30.1 Å². The molecule has 0 radical (unpaired) electrons. The van der Waals surface area contributed by atoms with Crippen molar-refractivity contribution in [2.24, 2.45) is 11.3 Å². The van der Waals surface area contributed by atoms with Gasteiger partial charge in [0.15, 0.2) is 0 Å². The summed E-state index contributed by atoms with van der Waals surface area (Å²) in [5, 5.41) is 0. The molecular formula is C22H32N4. The van der Waals surface area contributed by atoms with Gasteiger partial charge in [-0.05, 0) is 75.6 Å². The molecule has 1 atom stereocenters. The quantitative estimate of drug-likeness (QED) is 0.819. The first-order valence-electron chi connectivity index (χ1n) is 10.6. The van der Waals surface area contributed by atoms with Crippen molar-refractivity contribution in [1.82, 2.24) is 19.4 Å². The number of para-hydroxylation sites is 2. The molecule has 4 nitrogen and oxygen atoms in total. The Bertz CT molecular complexity index is 778. The van der Waals surface area contributed by atoms with Gasteiger partial charge in [-0.25, -0.2) is 4.98 Å². The summed E-state index contributed by atoms with van der Waals surface area (Å²) in [7, 11) is 0. The highest BCUT2D eigenvalue weighted by atomic mass is 15.2. The SMILES string of the molecule is CCn1c(CN2CCC3(CCCN(CC4CC4)C3)C2)nc2ccccc21. The van der Waals surface area contributed by atoms with Gasteiger partial charge in [0, 0.05) is 26.2 Å². The van der Waals surface area contributed by atoms with Gasteiger partial charge in [-0.3, -0.25) is 4.90 Å². The van der Waals surface area contributed by atoms with Crippen LogP contribution < -0.4 is 0 Å². The molecule has 1 aromatic carbocycles. The van der Waals surface area contributed by atoms with Gasteiger partial charge in [0.2, 0.25) is 0 Å². The van der Waals surface area contributed by atoms with Crippen molar-refractivity contribution < 1.29 is 0 Å². The van der Waals surface area contributed by atoms with Gasteiger partial charge in [0.1, 0.15) is 5.82 Å². The van der Waals surface area contributed by atoms with Crippen molar-refractivity contribution in [2.75, 3.05) is 32.7 Å². The molecule has 0 amide bonds. The van der Waals surface area contributed by atoms with Gasteiger partial charge in [-0.1, -0.05) is 12.1 Å². The van der Waals surface area contributed by atoms with Crippen LogP contribution in [0.2, 0.25) is 0 Å². The molecule has 1 unspecified atom stereocenters. The van der Waals surface area contributed by atoms with Gasteiger partial charge in [0.05, 0.1) is 17.6 Å². The van der Waals surface area contributed by atoms with E-state index in [1.54, 1.807) is 0 Å². The summed E-state index contributed by atoms with van der Waals surface area (Å²) < 4.78 is 2.40. The number of imidazole rings is 1.